The zero-order chi connectivity index (χ0) is 13.1. The molecule has 0 aliphatic rings. The second-order valence-corrected chi connectivity index (χ2v) is 4.00. The lowest BCUT2D eigenvalue weighted by Gasteiger charge is -2.03. The Labute approximate surface area is 103 Å². The number of anilines is 1. The summed E-state index contributed by atoms with van der Waals surface area (Å²) in [5.74, 6) is -1.58. The Morgan fingerprint density at radius 3 is 2.11 bits per heavy atom. The minimum absolute atomic E-state index is 0.0431. The van der Waals surface area contributed by atoms with Gasteiger partial charge in [-0.25, -0.2) is 8.78 Å². The van der Waals surface area contributed by atoms with Gasteiger partial charge in [0.2, 0.25) is 0 Å². The monoisotopic (exact) mass is 247 g/mol. The van der Waals surface area contributed by atoms with Gasteiger partial charge >= 0.3 is 0 Å². The Balaban J connectivity index is 2.18. The quantitative estimate of drug-likeness (QED) is 0.669. The Kier molecular flexibility index (Phi) is 3.37. The van der Waals surface area contributed by atoms with Gasteiger partial charge in [0.1, 0.15) is 11.6 Å². The first kappa shape index (κ1) is 12.2. The number of carbonyl (C=O) groups is 1. The van der Waals surface area contributed by atoms with Crippen LogP contribution in [0.4, 0.5) is 14.5 Å². The molecule has 2 aromatic carbocycles. The van der Waals surface area contributed by atoms with Crippen LogP contribution in [0.25, 0.3) is 0 Å². The van der Waals surface area contributed by atoms with Gasteiger partial charge in [-0.1, -0.05) is 0 Å². The smallest absolute Gasteiger partial charge is 0.167 e. The van der Waals surface area contributed by atoms with Gasteiger partial charge in [0.15, 0.2) is 5.78 Å². The second kappa shape index (κ2) is 4.96. The molecular formula is C14H11F2NO. The lowest BCUT2D eigenvalue weighted by molar-refractivity contribution is 0.0993. The summed E-state index contributed by atoms with van der Waals surface area (Å²) in [4.78, 5) is 11.9. The van der Waals surface area contributed by atoms with E-state index in [-0.39, 0.29) is 12.2 Å². The highest BCUT2D eigenvalue weighted by molar-refractivity contribution is 5.97. The maximum atomic E-state index is 13.0. The minimum Gasteiger partial charge on any atom is -0.399 e. The lowest BCUT2D eigenvalue weighted by atomic mass is 10.0. The summed E-state index contributed by atoms with van der Waals surface area (Å²) in [6.45, 7) is 0. The van der Waals surface area contributed by atoms with Crippen molar-refractivity contribution in [2.24, 2.45) is 0 Å². The first-order valence-electron chi connectivity index (χ1n) is 5.38. The molecule has 2 N–H and O–H groups in total. The van der Waals surface area contributed by atoms with Crippen LogP contribution in [0.2, 0.25) is 0 Å². The fraction of sp³-hybridized carbons (Fsp3) is 0.0714. The van der Waals surface area contributed by atoms with E-state index < -0.39 is 11.6 Å². The van der Waals surface area contributed by atoms with Crippen LogP contribution in [0.5, 0.6) is 0 Å². The summed E-state index contributed by atoms with van der Waals surface area (Å²) in [6, 6.07) is 9.48. The zero-order valence-electron chi connectivity index (χ0n) is 9.49. The predicted molar refractivity (Wildman–Crippen MR) is 65.2 cm³/mol. The van der Waals surface area contributed by atoms with Crippen LogP contribution < -0.4 is 5.73 Å². The van der Waals surface area contributed by atoms with E-state index >= 15 is 0 Å². The molecule has 0 fully saturated rings. The third-order valence-corrected chi connectivity index (χ3v) is 2.52. The number of hydrogen-bond acceptors (Lipinski definition) is 2. The highest BCUT2D eigenvalue weighted by Crippen LogP contribution is 2.13. The number of Topliss-reactive ketones (excluding diaryl/α,β-unsaturated/α-hetero) is 1. The fourth-order valence-electron chi connectivity index (χ4n) is 1.67. The maximum absolute atomic E-state index is 13.0. The average Bonchev–Trinajstić information content (AvgIpc) is 2.28. The highest BCUT2D eigenvalue weighted by Gasteiger charge is 2.09. The molecule has 0 amide bonds. The molecule has 0 unspecified atom stereocenters. The van der Waals surface area contributed by atoms with E-state index in [2.05, 4.69) is 0 Å². The van der Waals surface area contributed by atoms with Crippen LogP contribution in [-0.4, -0.2) is 5.78 Å². The van der Waals surface area contributed by atoms with Crippen molar-refractivity contribution in [3.05, 3.63) is 65.2 Å². The SMILES string of the molecule is Nc1ccc(C(=O)Cc2cc(F)cc(F)c2)cc1. The molecule has 92 valence electrons. The first-order valence-corrected chi connectivity index (χ1v) is 5.38. The molecule has 2 rings (SSSR count). The Morgan fingerprint density at radius 2 is 1.56 bits per heavy atom. The summed E-state index contributed by atoms with van der Waals surface area (Å²) in [6.07, 6.45) is -0.0431. The van der Waals surface area contributed by atoms with E-state index in [0.29, 0.717) is 16.8 Å². The largest absolute Gasteiger partial charge is 0.399 e. The molecule has 2 nitrogen and oxygen atoms in total. The van der Waals surface area contributed by atoms with E-state index in [9.17, 15) is 13.6 Å². The molecule has 2 aromatic rings. The topological polar surface area (TPSA) is 43.1 Å². The predicted octanol–water partition coefficient (Wildman–Crippen LogP) is 2.97. The first-order chi connectivity index (χ1) is 8.54. The van der Waals surface area contributed by atoms with Gasteiger partial charge in [-0.3, -0.25) is 4.79 Å². The van der Waals surface area contributed by atoms with Gasteiger partial charge in [-0.15, -0.1) is 0 Å². The van der Waals surface area contributed by atoms with E-state index in [1.54, 1.807) is 24.3 Å². The molecule has 0 aliphatic carbocycles. The molecule has 18 heavy (non-hydrogen) atoms. The standard InChI is InChI=1S/C14H11F2NO/c15-11-5-9(6-12(16)8-11)7-14(18)10-1-3-13(17)4-2-10/h1-6,8H,7,17H2. The lowest BCUT2D eigenvalue weighted by Crippen LogP contribution is -2.04. The second-order valence-electron chi connectivity index (χ2n) is 4.00. The van der Waals surface area contributed by atoms with Crippen molar-refractivity contribution in [2.75, 3.05) is 5.73 Å². The van der Waals surface area contributed by atoms with Gasteiger partial charge < -0.3 is 5.73 Å². The van der Waals surface area contributed by atoms with Crippen molar-refractivity contribution in [1.29, 1.82) is 0 Å². The molecule has 0 bridgehead atoms. The van der Waals surface area contributed by atoms with Crippen molar-refractivity contribution >= 4 is 11.5 Å². The van der Waals surface area contributed by atoms with Crippen molar-refractivity contribution in [3.8, 4) is 0 Å². The highest BCUT2D eigenvalue weighted by atomic mass is 19.1. The minimum atomic E-state index is -0.685. The molecule has 0 spiro atoms. The van der Waals surface area contributed by atoms with Crippen LogP contribution in [0.3, 0.4) is 0 Å². The number of benzene rings is 2. The molecule has 4 heteroatoms. The summed E-state index contributed by atoms with van der Waals surface area (Å²) in [5, 5.41) is 0. The number of hydrogen-bond donors (Lipinski definition) is 1. The molecule has 0 atom stereocenters. The van der Waals surface area contributed by atoms with E-state index in [0.717, 1.165) is 18.2 Å². The average molecular weight is 247 g/mol. The van der Waals surface area contributed by atoms with E-state index in [4.69, 9.17) is 5.73 Å². The summed E-state index contributed by atoms with van der Waals surface area (Å²) in [5.41, 5.74) is 6.85. The van der Waals surface area contributed by atoms with E-state index in [1.807, 2.05) is 0 Å². The zero-order valence-corrected chi connectivity index (χ0v) is 9.49. The summed E-state index contributed by atoms with van der Waals surface area (Å²) in [7, 11) is 0. The molecule has 0 heterocycles. The van der Waals surface area contributed by atoms with Gasteiger partial charge in [-0.05, 0) is 42.0 Å². The summed E-state index contributed by atoms with van der Waals surface area (Å²) >= 11 is 0. The van der Waals surface area contributed by atoms with Gasteiger partial charge in [0.25, 0.3) is 0 Å². The van der Waals surface area contributed by atoms with Crippen LogP contribution in [0, 0.1) is 11.6 Å². The van der Waals surface area contributed by atoms with E-state index in [1.165, 1.54) is 0 Å². The Bertz CT molecular complexity index is 559. The van der Waals surface area contributed by atoms with Crippen molar-refractivity contribution in [2.45, 2.75) is 6.42 Å². The fourth-order valence-corrected chi connectivity index (χ4v) is 1.67. The van der Waals surface area contributed by atoms with Gasteiger partial charge in [-0.2, -0.15) is 0 Å². The number of rotatable bonds is 3. The summed E-state index contributed by atoms with van der Waals surface area (Å²) < 4.78 is 25.9. The molecule has 0 aromatic heterocycles. The molecule has 0 radical (unpaired) electrons. The van der Waals surface area contributed by atoms with Crippen molar-refractivity contribution < 1.29 is 13.6 Å². The Morgan fingerprint density at radius 1 is 1.00 bits per heavy atom. The number of ketones is 1. The van der Waals surface area contributed by atoms with Crippen LogP contribution >= 0.6 is 0 Å². The van der Waals surface area contributed by atoms with Crippen LogP contribution in [-0.2, 0) is 6.42 Å². The molecule has 0 saturated carbocycles. The van der Waals surface area contributed by atoms with Gasteiger partial charge in [0.05, 0.1) is 0 Å². The molecule has 0 saturated heterocycles. The number of halogens is 2. The maximum Gasteiger partial charge on any atom is 0.167 e. The Hall–Kier alpha value is -2.23. The van der Waals surface area contributed by atoms with Crippen LogP contribution in [0.1, 0.15) is 15.9 Å². The molecule has 0 aliphatic heterocycles. The van der Waals surface area contributed by atoms with Crippen molar-refractivity contribution in [1.82, 2.24) is 0 Å². The number of nitrogen functional groups attached to an aromatic ring is 1. The number of carbonyl (C=O) groups excluding carboxylic acids is 1. The molecular weight excluding hydrogens is 236 g/mol. The van der Waals surface area contributed by atoms with Crippen molar-refractivity contribution in [3.63, 3.8) is 0 Å². The third-order valence-electron chi connectivity index (χ3n) is 2.52. The normalized spacial score (nSPS) is 10.3. The number of nitrogens with two attached hydrogens (primary N) is 1. The third kappa shape index (κ3) is 2.91. The van der Waals surface area contributed by atoms with Crippen LogP contribution in [0.15, 0.2) is 42.5 Å². The van der Waals surface area contributed by atoms with Gasteiger partial charge in [0, 0.05) is 23.7 Å².